The van der Waals surface area contributed by atoms with Crippen LogP contribution in [0.5, 0.6) is 0 Å². The maximum atomic E-state index is 10.5. The van der Waals surface area contributed by atoms with Crippen LogP contribution in [0.25, 0.3) is 0 Å². The van der Waals surface area contributed by atoms with Crippen molar-refractivity contribution in [3.63, 3.8) is 0 Å². The Morgan fingerprint density at radius 1 is 1.55 bits per heavy atom. The topological polar surface area (TPSA) is 41.2 Å². The highest BCUT2D eigenvalue weighted by molar-refractivity contribution is 5.86. The van der Waals surface area contributed by atoms with Gasteiger partial charge in [0.2, 0.25) is 0 Å². The van der Waals surface area contributed by atoms with E-state index in [2.05, 4.69) is 0 Å². The maximum Gasteiger partial charge on any atom is 0.341 e. The van der Waals surface area contributed by atoms with Crippen LogP contribution in [-0.2, 0) is 7.05 Å². The third-order valence-electron chi connectivity index (χ3n) is 1.38. The number of rotatable bonds is 1. The molecule has 0 saturated heterocycles. The van der Waals surface area contributed by atoms with E-state index in [9.17, 15) is 4.79 Å². The van der Waals surface area contributed by atoms with Gasteiger partial charge >= 0.3 is 5.97 Å². The van der Waals surface area contributed by atoms with Gasteiger partial charge in [0.1, 0.15) is 12.6 Å². The average Bonchev–Trinajstić information content (AvgIpc) is 1.85. The van der Waals surface area contributed by atoms with Gasteiger partial charge in [0, 0.05) is 5.56 Å². The van der Waals surface area contributed by atoms with Crippen molar-refractivity contribution in [2.75, 3.05) is 0 Å². The van der Waals surface area contributed by atoms with Gasteiger partial charge in [-0.25, -0.2) is 9.36 Å². The summed E-state index contributed by atoms with van der Waals surface area (Å²) < 4.78 is 1.73. The highest BCUT2D eigenvalue weighted by atomic mass is 16.4. The molecule has 0 amide bonds. The first kappa shape index (κ1) is 7.72. The number of aromatic carboxylic acids is 1. The lowest BCUT2D eigenvalue weighted by molar-refractivity contribution is -0.672. The summed E-state index contributed by atoms with van der Waals surface area (Å²) in [5, 5.41) is 8.62. The number of pyridine rings is 1. The Morgan fingerprint density at radius 3 is 2.64 bits per heavy atom. The minimum atomic E-state index is -0.885. The van der Waals surface area contributed by atoms with Crippen LogP contribution < -0.4 is 4.57 Å². The molecule has 0 aliphatic heterocycles. The number of nitrogens with zero attached hydrogens (tertiary/aromatic N) is 1. The van der Waals surface area contributed by atoms with E-state index in [4.69, 9.17) is 5.11 Å². The Hall–Kier alpha value is -1.38. The lowest BCUT2D eigenvalue weighted by Gasteiger charge is -1.93. The molecule has 0 saturated carbocycles. The van der Waals surface area contributed by atoms with Gasteiger partial charge in [-0.15, -0.1) is 0 Å². The highest BCUT2D eigenvalue weighted by Gasteiger charge is 2.07. The fourth-order valence-corrected chi connectivity index (χ4v) is 1.01. The van der Waals surface area contributed by atoms with Crippen LogP contribution in [0.3, 0.4) is 0 Å². The SMILES string of the molecule is Cc1cc(C(=O)O)c[n+](C)c1. The van der Waals surface area contributed by atoms with Gasteiger partial charge in [-0.3, -0.25) is 0 Å². The maximum absolute atomic E-state index is 10.5. The molecule has 0 spiro atoms. The number of aryl methyl sites for hydroxylation is 2. The fraction of sp³-hybridized carbons (Fsp3) is 0.250. The van der Waals surface area contributed by atoms with E-state index in [0.717, 1.165) is 5.56 Å². The third kappa shape index (κ3) is 1.77. The summed E-state index contributed by atoms with van der Waals surface area (Å²) in [6.45, 7) is 1.87. The smallest absolute Gasteiger partial charge is 0.341 e. The lowest BCUT2D eigenvalue weighted by Crippen LogP contribution is -2.28. The normalized spacial score (nSPS) is 9.64. The first-order valence-corrected chi connectivity index (χ1v) is 3.30. The van der Waals surface area contributed by atoms with Crippen molar-refractivity contribution in [1.82, 2.24) is 0 Å². The molecule has 0 unspecified atom stereocenters. The zero-order chi connectivity index (χ0) is 8.43. The minimum absolute atomic E-state index is 0.326. The molecule has 1 N–H and O–H groups in total. The second-order valence-electron chi connectivity index (χ2n) is 2.57. The molecule has 0 bridgehead atoms. The van der Waals surface area contributed by atoms with Gasteiger partial charge in [-0.1, -0.05) is 0 Å². The van der Waals surface area contributed by atoms with Crippen LogP contribution >= 0.6 is 0 Å². The molecule has 0 fully saturated rings. The molecule has 1 aromatic rings. The molecule has 58 valence electrons. The zero-order valence-electron chi connectivity index (χ0n) is 6.53. The molecule has 1 aromatic heterocycles. The van der Waals surface area contributed by atoms with E-state index >= 15 is 0 Å². The largest absolute Gasteiger partial charge is 0.477 e. The molecular weight excluding hydrogens is 142 g/mol. The summed E-state index contributed by atoms with van der Waals surface area (Å²) in [6.07, 6.45) is 3.45. The number of hydrogen-bond donors (Lipinski definition) is 1. The Morgan fingerprint density at radius 2 is 2.18 bits per heavy atom. The van der Waals surface area contributed by atoms with Gasteiger partial charge < -0.3 is 5.11 Å². The lowest BCUT2D eigenvalue weighted by atomic mass is 10.2. The van der Waals surface area contributed by atoms with Crippen LogP contribution in [0.4, 0.5) is 0 Å². The van der Waals surface area contributed by atoms with Gasteiger partial charge in [-0.05, 0) is 13.0 Å². The first-order chi connectivity index (χ1) is 5.09. The van der Waals surface area contributed by atoms with E-state index in [1.54, 1.807) is 23.9 Å². The van der Waals surface area contributed by atoms with Crippen molar-refractivity contribution in [3.05, 3.63) is 29.6 Å². The monoisotopic (exact) mass is 152 g/mol. The van der Waals surface area contributed by atoms with Crippen LogP contribution in [0, 0.1) is 6.92 Å². The molecule has 1 rings (SSSR count). The van der Waals surface area contributed by atoms with Crippen molar-refractivity contribution in [1.29, 1.82) is 0 Å². The second-order valence-corrected chi connectivity index (χ2v) is 2.57. The van der Waals surface area contributed by atoms with E-state index in [1.807, 2.05) is 13.1 Å². The van der Waals surface area contributed by atoms with Crippen molar-refractivity contribution in [3.8, 4) is 0 Å². The standard InChI is InChI=1S/C8H9NO2/c1-6-3-7(8(10)11)5-9(2)4-6/h3-5H,1-2H3/p+1. The Labute approximate surface area is 64.9 Å². The fourth-order valence-electron chi connectivity index (χ4n) is 1.01. The predicted molar refractivity (Wildman–Crippen MR) is 39.3 cm³/mol. The van der Waals surface area contributed by atoms with E-state index in [1.165, 1.54) is 0 Å². The van der Waals surface area contributed by atoms with Gasteiger partial charge in [0.05, 0.1) is 0 Å². The van der Waals surface area contributed by atoms with Crippen molar-refractivity contribution >= 4 is 5.97 Å². The van der Waals surface area contributed by atoms with Gasteiger partial charge in [-0.2, -0.15) is 0 Å². The molecule has 0 aromatic carbocycles. The van der Waals surface area contributed by atoms with Gasteiger partial charge in [0.15, 0.2) is 12.4 Å². The van der Waals surface area contributed by atoms with E-state index in [-0.39, 0.29) is 0 Å². The minimum Gasteiger partial charge on any atom is -0.477 e. The third-order valence-corrected chi connectivity index (χ3v) is 1.38. The number of hydrogen-bond acceptors (Lipinski definition) is 1. The predicted octanol–water partition coefficient (Wildman–Crippen LogP) is 0.518. The second kappa shape index (κ2) is 2.70. The molecule has 0 aliphatic carbocycles. The zero-order valence-corrected chi connectivity index (χ0v) is 6.53. The quantitative estimate of drug-likeness (QED) is 0.596. The first-order valence-electron chi connectivity index (χ1n) is 3.30. The number of carboxylic acid groups (broad SMARTS) is 1. The number of carboxylic acids is 1. The van der Waals surface area contributed by atoms with Crippen LogP contribution in [-0.4, -0.2) is 11.1 Å². The summed E-state index contributed by atoms with van der Waals surface area (Å²) in [5.41, 5.74) is 1.28. The molecule has 0 atom stereocenters. The van der Waals surface area contributed by atoms with Crippen LogP contribution in [0.1, 0.15) is 15.9 Å². The molecule has 1 heterocycles. The van der Waals surface area contributed by atoms with Crippen LogP contribution in [0.2, 0.25) is 0 Å². The van der Waals surface area contributed by atoms with Gasteiger partial charge in [0.25, 0.3) is 0 Å². The summed E-state index contributed by atoms with van der Waals surface area (Å²) >= 11 is 0. The van der Waals surface area contributed by atoms with Crippen molar-refractivity contribution < 1.29 is 14.5 Å². The van der Waals surface area contributed by atoms with E-state index in [0.29, 0.717) is 5.56 Å². The van der Waals surface area contributed by atoms with Crippen molar-refractivity contribution in [2.24, 2.45) is 7.05 Å². The van der Waals surface area contributed by atoms with E-state index < -0.39 is 5.97 Å². The molecule has 3 heteroatoms. The Bertz CT molecular complexity index is 274. The molecular formula is C8H10NO2+. The molecule has 0 aliphatic rings. The summed E-state index contributed by atoms with van der Waals surface area (Å²) in [5.74, 6) is -0.885. The Balaban J connectivity index is 3.19. The van der Waals surface area contributed by atoms with Crippen molar-refractivity contribution in [2.45, 2.75) is 6.92 Å². The van der Waals surface area contributed by atoms with Crippen LogP contribution in [0.15, 0.2) is 18.5 Å². The highest BCUT2D eigenvalue weighted by Crippen LogP contribution is 1.98. The molecule has 0 radical (unpaired) electrons. The molecule has 11 heavy (non-hydrogen) atoms. The summed E-state index contributed by atoms with van der Waals surface area (Å²) in [7, 11) is 1.80. The number of aromatic nitrogens is 1. The summed E-state index contributed by atoms with van der Waals surface area (Å²) in [6, 6.07) is 1.64. The Kier molecular flexibility index (Phi) is 1.89. The summed E-state index contributed by atoms with van der Waals surface area (Å²) in [4.78, 5) is 10.5. The number of carbonyl (C=O) groups is 1. The molecule has 3 nitrogen and oxygen atoms in total. The average molecular weight is 152 g/mol.